The van der Waals surface area contributed by atoms with Gasteiger partial charge in [-0.05, 0) is 121 Å². The summed E-state index contributed by atoms with van der Waals surface area (Å²) in [6.45, 7) is 0. The summed E-state index contributed by atoms with van der Waals surface area (Å²) >= 11 is 0. The first-order chi connectivity index (χ1) is 39.2. The average Bonchev–Trinajstić information content (AvgIpc) is 4.16. The fourth-order valence-electron chi connectivity index (χ4n) is 8.72. The molecule has 0 fully saturated rings. The van der Waals surface area contributed by atoms with Crippen LogP contribution in [-0.2, 0) is 20.3 Å². The van der Waals surface area contributed by atoms with Crippen LogP contribution in [-0.4, -0.2) is 83.8 Å². The van der Waals surface area contributed by atoms with Crippen molar-refractivity contribution in [3.05, 3.63) is 228 Å². The number of carboxylic acids is 4. The van der Waals surface area contributed by atoms with Gasteiger partial charge in [0.1, 0.15) is 35.7 Å². The number of aromatic carboxylic acids is 4. The molecule has 4 aromatic heterocycles. The summed E-state index contributed by atoms with van der Waals surface area (Å²) in [5.41, 5.74) is 7.91. The molecule has 0 aliphatic carbocycles. The predicted octanol–water partition coefficient (Wildman–Crippen LogP) is 13.2. The highest BCUT2D eigenvalue weighted by molar-refractivity contribution is 6.02. The quantitative estimate of drug-likeness (QED) is 0.104. The van der Waals surface area contributed by atoms with Gasteiger partial charge in [-0.25, -0.2) is 47.9 Å². The van der Waals surface area contributed by atoms with Gasteiger partial charge in [-0.1, -0.05) is 54.6 Å². The van der Waals surface area contributed by atoms with E-state index in [2.05, 4.69) is 30.1 Å². The Balaban J connectivity index is 0.000000132. The minimum atomic E-state index is -4.41. The lowest BCUT2D eigenvalue weighted by Gasteiger charge is -2.09. The first kappa shape index (κ1) is 55.7. The number of alkyl halides is 3. The zero-order valence-corrected chi connectivity index (χ0v) is 42.8. The normalized spacial score (nSPS) is 11.0. The molecule has 0 bridgehead atoms. The van der Waals surface area contributed by atoms with Crippen LogP contribution < -0.4 is 0 Å². The van der Waals surface area contributed by atoms with Crippen LogP contribution in [0.1, 0.15) is 47.0 Å². The van der Waals surface area contributed by atoms with Crippen LogP contribution in [0.15, 0.2) is 189 Å². The minimum Gasteiger partial charge on any atom is -0.478 e. The van der Waals surface area contributed by atoms with E-state index in [1.807, 2.05) is 30.3 Å². The number of aromatic nitrogens is 8. The third-order valence-electron chi connectivity index (χ3n) is 12.7. The van der Waals surface area contributed by atoms with Crippen molar-refractivity contribution < 1.29 is 61.6 Å². The van der Waals surface area contributed by atoms with Gasteiger partial charge in [0.05, 0.1) is 61.3 Å². The summed E-state index contributed by atoms with van der Waals surface area (Å²) in [5.74, 6) is -4.71. The van der Waals surface area contributed by atoms with Crippen LogP contribution in [0.4, 0.5) is 22.0 Å². The van der Waals surface area contributed by atoms with Gasteiger partial charge in [0.25, 0.3) is 0 Å². The topological polar surface area (TPSA) is 236 Å². The summed E-state index contributed by atoms with van der Waals surface area (Å²) in [7, 11) is 3.56. The van der Waals surface area contributed by atoms with Crippen molar-refractivity contribution in [2.24, 2.45) is 14.1 Å². The summed E-state index contributed by atoms with van der Waals surface area (Å²) < 4.78 is 67.5. The smallest absolute Gasteiger partial charge is 0.416 e. The van der Waals surface area contributed by atoms with Gasteiger partial charge in [0, 0.05) is 57.9 Å². The molecule has 0 unspecified atom stereocenters. The third-order valence-corrected chi connectivity index (χ3v) is 12.7. The van der Waals surface area contributed by atoms with Gasteiger partial charge in [-0.15, -0.1) is 0 Å². The van der Waals surface area contributed by atoms with Gasteiger partial charge in [-0.2, -0.15) is 23.4 Å². The maximum atomic E-state index is 13.3. The number of carboxylic acid groups (broad SMARTS) is 4. The van der Waals surface area contributed by atoms with E-state index in [9.17, 15) is 41.1 Å². The summed E-state index contributed by atoms with van der Waals surface area (Å²) in [6.07, 6.45) is -1.64. The number of nitrogens with zero attached hydrogens (tertiary/aromatic N) is 8. The molecule has 82 heavy (non-hydrogen) atoms. The zero-order chi connectivity index (χ0) is 58.4. The number of hydrogen-bond donors (Lipinski definition) is 4. The van der Waals surface area contributed by atoms with Gasteiger partial charge in [0.2, 0.25) is 0 Å². The molecule has 12 aromatic rings. The fourth-order valence-corrected chi connectivity index (χ4v) is 8.72. The Labute approximate surface area is 460 Å². The summed E-state index contributed by atoms with van der Waals surface area (Å²) in [5, 5.41) is 47.7. The molecule has 0 spiro atoms. The lowest BCUT2D eigenvalue weighted by Crippen LogP contribution is -2.04. The number of halogens is 5. The molecule has 408 valence electrons. The molecule has 4 heterocycles. The van der Waals surface area contributed by atoms with Crippen LogP contribution >= 0.6 is 0 Å². The van der Waals surface area contributed by atoms with Crippen molar-refractivity contribution in [2.75, 3.05) is 0 Å². The molecule has 0 saturated heterocycles. The molecule has 16 nitrogen and oxygen atoms in total. The molecule has 8 aromatic carbocycles. The Bertz CT molecular complexity index is 4400. The van der Waals surface area contributed by atoms with Crippen molar-refractivity contribution in [3.63, 3.8) is 0 Å². The van der Waals surface area contributed by atoms with Gasteiger partial charge < -0.3 is 20.4 Å². The second kappa shape index (κ2) is 23.5. The van der Waals surface area contributed by atoms with E-state index in [-0.39, 0.29) is 33.9 Å². The van der Waals surface area contributed by atoms with Crippen LogP contribution in [0.3, 0.4) is 0 Å². The summed E-state index contributed by atoms with van der Waals surface area (Å²) in [6, 6.07) is 45.1. The van der Waals surface area contributed by atoms with Crippen LogP contribution in [0.25, 0.3) is 88.6 Å². The molecule has 0 atom stereocenters. The number of hydrogen-bond acceptors (Lipinski definition) is 10. The van der Waals surface area contributed by atoms with Crippen LogP contribution in [0.5, 0.6) is 0 Å². The van der Waals surface area contributed by atoms with Crippen molar-refractivity contribution in [1.82, 2.24) is 39.5 Å². The van der Waals surface area contributed by atoms with E-state index in [4.69, 9.17) is 20.4 Å². The largest absolute Gasteiger partial charge is 0.478 e. The molecule has 0 saturated carbocycles. The number of rotatable bonds is 8. The highest BCUT2D eigenvalue weighted by Gasteiger charge is 2.30. The molecule has 0 amide bonds. The Morgan fingerprint density at radius 1 is 0.390 bits per heavy atom. The van der Waals surface area contributed by atoms with E-state index >= 15 is 0 Å². The van der Waals surface area contributed by atoms with Gasteiger partial charge in [0.15, 0.2) is 0 Å². The van der Waals surface area contributed by atoms with E-state index in [0.717, 1.165) is 56.3 Å². The Kier molecular flexibility index (Phi) is 15.9. The van der Waals surface area contributed by atoms with Crippen LogP contribution in [0.2, 0.25) is 0 Å². The Hall–Kier alpha value is -11.1. The SMILES string of the molecule is Cn1nc(-c2ccc(F)cc2)c2cc(C(=O)O)ccc21.Cn1nc(-c2cccc(F)c2)c2cc(C(=O)O)ccc21.O=C(O)c1ccc2ncnc(-c3ccc(C(F)(F)F)cc3)c2c1.O=C(O)c1ccc2ncnc(-c3ccccc3)c2c1. The number of aryl methyl sites for hydroxylation is 2. The molecule has 4 N–H and O–H groups in total. The van der Waals surface area contributed by atoms with Crippen molar-refractivity contribution in [1.29, 1.82) is 0 Å². The first-order valence-electron chi connectivity index (χ1n) is 24.3. The molecular weight excluding hydrogens is 1070 g/mol. The number of benzene rings is 8. The second-order valence-electron chi connectivity index (χ2n) is 18.0. The summed E-state index contributed by atoms with van der Waals surface area (Å²) in [4.78, 5) is 60.8. The Morgan fingerprint density at radius 3 is 1.22 bits per heavy atom. The van der Waals surface area contributed by atoms with Crippen molar-refractivity contribution >= 4 is 67.5 Å². The third kappa shape index (κ3) is 12.3. The number of fused-ring (bicyclic) bond motifs is 4. The maximum absolute atomic E-state index is 13.3. The van der Waals surface area contributed by atoms with Crippen molar-refractivity contribution in [2.45, 2.75) is 6.18 Å². The standard InChI is InChI=1S/C16H9F3N2O2.2C15H11FN2O2.C15H10N2O2/c17-16(18,19)11-4-1-9(2-5-11)14-12-7-10(15(22)23)3-6-13(12)20-8-21-14;1-18-13-7-4-10(15(19)20)8-12(13)14(17-18)9-2-5-11(16)6-3-9;1-18-13-6-5-10(15(19)20)8-12(13)14(17-18)9-3-2-4-11(16)7-9;18-15(19)11-6-7-13-12(8-11)14(17-9-16-13)10-4-2-1-3-5-10/h1-8H,(H,22,23);2*2-8H,1H3,(H,19,20);1-9H,(H,18,19). The lowest BCUT2D eigenvalue weighted by molar-refractivity contribution is -0.137. The average molecular weight is 1110 g/mol. The van der Waals surface area contributed by atoms with Gasteiger partial charge >= 0.3 is 30.1 Å². The lowest BCUT2D eigenvalue weighted by atomic mass is 10.0. The highest BCUT2D eigenvalue weighted by Crippen LogP contribution is 2.34. The van der Waals surface area contributed by atoms with E-state index in [0.29, 0.717) is 44.5 Å². The predicted molar refractivity (Wildman–Crippen MR) is 295 cm³/mol. The van der Waals surface area contributed by atoms with Gasteiger partial charge in [-0.3, -0.25) is 9.36 Å². The zero-order valence-electron chi connectivity index (χ0n) is 42.8. The van der Waals surface area contributed by atoms with E-state index in [1.54, 1.807) is 96.3 Å². The molecular formula is C61H41F5N8O8. The fraction of sp³-hybridized carbons (Fsp3) is 0.0492. The molecule has 21 heteroatoms. The van der Waals surface area contributed by atoms with Crippen molar-refractivity contribution in [3.8, 4) is 45.0 Å². The maximum Gasteiger partial charge on any atom is 0.416 e. The monoisotopic (exact) mass is 1110 g/mol. The molecule has 12 rings (SSSR count). The van der Waals surface area contributed by atoms with E-state index < -0.39 is 35.6 Å². The molecule has 0 aliphatic rings. The highest BCUT2D eigenvalue weighted by atomic mass is 19.4. The first-order valence-corrected chi connectivity index (χ1v) is 24.3. The molecule has 0 radical (unpaired) electrons. The Morgan fingerprint density at radius 2 is 0.780 bits per heavy atom. The van der Waals surface area contributed by atoms with E-state index in [1.165, 1.54) is 73.3 Å². The minimum absolute atomic E-state index is 0.0560. The second-order valence-corrected chi connectivity index (χ2v) is 18.0. The number of carbonyl (C=O) groups is 4. The van der Waals surface area contributed by atoms with Crippen LogP contribution in [0, 0.1) is 11.6 Å². The molecule has 0 aliphatic heterocycles.